The van der Waals surface area contributed by atoms with E-state index in [2.05, 4.69) is 111 Å². The number of Topliss-reactive ketones (excluding diaryl/α,β-unsaturated/α-hetero) is 1. The normalized spacial score (nSPS) is 32.7. The molecule has 40 heavy (non-hydrogen) atoms. The molecule has 0 aromatic heterocycles. The van der Waals surface area contributed by atoms with Crippen LogP contribution in [0, 0.1) is 28.6 Å². The molecule has 0 spiro atoms. The van der Waals surface area contributed by atoms with Crippen molar-refractivity contribution in [1.29, 1.82) is 0 Å². The van der Waals surface area contributed by atoms with Gasteiger partial charge < -0.3 is 5.11 Å². The van der Waals surface area contributed by atoms with Crippen LogP contribution in [0.4, 0.5) is 0 Å². The van der Waals surface area contributed by atoms with Gasteiger partial charge in [-0.3, -0.25) is 4.79 Å². The topological polar surface area (TPSA) is 37.3 Å². The number of hydrogen-bond acceptors (Lipinski definition) is 2. The molecule has 2 nitrogen and oxygen atoms in total. The predicted molar refractivity (Wildman–Crippen MR) is 168 cm³/mol. The first kappa shape index (κ1) is 28.0. The van der Waals surface area contributed by atoms with Crippen LogP contribution in [0.15, 0.2) is 103 Å². The van der Waals surface area contributed by atoms with E-state index in [1.165, 1.54) is 12.0 Å². The van der Waals surface area contributed by atoms with Gasteiger partial charge in [0.25, 0.3) is 0 Å². The Bertz CT molecular complexity index is 1240. The van der Waals surface area contributed by atoms with Gasteiger partial charge in [-0.1, -0.05) is 25.5 Å². The van der Waals surface area contributed by atoms with Gasteiger partial charge in [-0.05, 0) is 68.1 Å². The van der Waals surface area contributed by atoms with Crippen LogP contribution in [0.1, 0.15) is 65.2 Å². The van der Waals surface area contributed by atoms with Crippen LogP contribution >= 0.6 is 0 Å². The summed E-state index contributed by atoms with van der Waals surface area (Å²) in [5.41, 5.74) is 1.81. The Morgan fingerprint density at radius 2 is 1.20 bits per heavy atom. The fourth-order valence-corrected chi connectivity index (χ4v) is 17.4. The van der Waals surface area contributed by atoms with Gasteiger partial charge >= 0.3 is 121 Å². The zero-order chi connectivity index (χ0) is 27.7. The van der Waals surface area contributed by atoms with E-state index >= 15 is 0 Å². The summed E-state index contributed by atoms with van der Waals surface area (Å²) in [7, 11) is 0. The summed E-state index contributed by atoms with van der Waals surface area (Å²) < 4.78 is 4.63. The van der Waals surface area contributed by atoms with E-state index in [0.29, 0.717) is 23.0 Å². The zero-order valence-electron chi connectivity index (χ0n) is 24.1. The molecule has 4 aliphatic carbocycles. The summed E-state index contributed by atoms with van der Waals surface area (Å²) in [6.07, 6.45) is 10.7. The number of fused-ring (bicyclic) bond motifs is 5. The second-order valence-corrected chi connectivity index (χ2v) is 21.4. The van der Waals surface area contributed by atoms with E-state index in [-0.39, 0.29) is 11.5 Å². The summed E-state index contributed by atoms with van der Waals surface area (Å²) >= 11 is -2.14. The molecule has 6 atom stereocenters. The molecule has 3 aromatic rings. The minimum absolute atomic E-state index is 0.0168. The van der Waals surface area contributed by atoms with Gasteiger partial charge in [-0.2, -0.15) is 0 Å². The van der Waals surface area contributed by atoms with E-state index in [4.69, 9.17) is 0 Å². The van der Waals surface area contributed by atoms with Crippen molar-refractivity contribution in [1.82, 2.24) is 0 Å². The number of aliphatic hydroxyl groups excluding tert-OH is 1. The number of aliphatic hydroxyl groups is 1. The Balaban J connectivity index is 0.000000145. The van der Waals surface area contributed by atoms with E-state index in [1.807, 2.05) is 0 Å². The van der Waals surface area contributed by atoms with Gasteiger partial charge in [0.15, 0.2) is 0 Å². The number of carbonyl (C=O) groups is 1. The zero-order valence-corrected chi connectivity index (χ0v) is 27.4. The number of rotatable bonds is 3. The monoisotopic (exact) mass is 640 g/mol. The molecule has 0 heterocycles. The average Bonchev–Trinajstić information content (AvgIpc) is 3.30. The standard InChI is InChI=1S/C19H28O2.3C6H5.Sn.H/c1-18-9-7-13(20)11-12(18)3-4-14-15-5-6-17(21)19(15,2)10-8-16(14)18;3*1-2-4-6-5-3-1;;/h3,13-16,20H,4-11H2,1-2H3;3*1-5H;;/t13-,14-,15-,16-,18-,19-;;;;;/m0...../s1. The number of hydrogen-bond donors (Lipinski definition) is 1. The van der Waals surface area contributed by atoms with Gasteiger partial charge in [-0.15, -0.1) is 0 Å². The molecule has 3 fully saturated rings. The van der Waals surface area contributed by atoms with Crippen molar-refractivity contribution in [2.75, 3.05) is 0 Å². The number of carbonyl (C=O) groups excluding carboxylic acids is 1. The molecule has 3 heteroatoms. The van der Waals surface area contributed by atoms with Crippen LogP contribution in [0.2, 0.25) is 0 Å². The van der Waals surface area contributed by atoms with Crippen LogP contribution in [0.25, 0.3) is 0 Å². The third-order valence-electron chi connectivity index (χ3n) is 11.2. The Morgan fingerprint density at radius 3 is 1.75 bits per heavy atom. The Hall–Kier alpha value is -2.17. The van der Waals surface area contributed by atoms with Gasteiger partial charge in [0.2, 0.25) is 0 Å². The molecule has 0 bridgehead atoms. The van der Waals surface area contributed by atoms with Crippen LogP contribution in [-0.2, 0) is 4.79 Å². The van der Waals surface area contributed by atoms with Gasteiger partial charge in [0.1, 0.15) is 5.78 Å². The molecule has 0 amide bonds. The molecular weight excluding hydrogens is 595 g/mol. The van der Waals surface area contributed by atoms with E-state index in [0.717, 1.165) is 50.9 Å². The van der Waals surface area contributed by atoms with Crippen LogP contribution in [0.5, 0.6) is 0 Å². The number of benzene rings is 3. The summed E-state index contributed by atoms with van der Waals surface area (Å²) in [5, 5.41) is 10.00. The first-order valence-corrected chi connectivity index (χ1v) is 20.4. The van der Waals surface area contributed by atoms with Crippen LogP contribution in [-0.4, -0.2) is 36.8 Å². The molecule has 0 radical (unpaired) electrons. The number of allylic oxidation sites excluding steroid dienone is 1. The predicted octanol–water partition coefficient (Wildman–Crippen LogP) is 5.81. The fraction of sp³-hybridized carbons (Fsp3) is 0.432. The van der Waals surface area contributed by atoms with Crippen LogP contribution in [0.3, 0.4) is 0 Å². The third kappa shape index (κ3) is 5.15. The SMILES string of the molecule is C[C@]12CC[C@H](O)CC1=CC[C@@H]1[C@@H]2CC[C@]2(C)C(=O)CC[C@@H]12.c1cc[c]([SnH]([c]2ccccc2)[c]2ccccc2)cc1. The molecule has 4 aliphatic rings. The molecule has 0 unspecified atom stereocenters. The molecule has 0 saturated heterocycles. The van der Waals surface area contributed by atoms with Crippen molar-refractivity contribution in [3.63, 3.8) is 0 Å². The molecule has 208 valence electrons. The van der Waals surface area contributed by atoms with E-state index in [9.17, 15) is 9.90 Å². The molecule has 0 aliphatic heterocycles. The molecule has 3 saturated carbocycles. The van der Waals surface area contributed by atoms with Crippen molar-refractivity contribution < 1.29 is 9.90 Å². The van der Waals surface area contributed by atoms with Crippen molar-refractivity contribution in [3.05, 3.63) is 103 Å². The maximum absolute atomic E-state index is 12.4. The van der Waals surface area contributed by atoms with E-state index < -0.39 is 19.8 Å². The van der Waals surface area contributed by atoms with Gasteiger partial charge in [0.05, 0.1) is 6.10 Å². The molecule has 7 rings (SSSR count). The van der Waals surface area contributed by atoms with Crippen molar-refractivity contribution in [2.24, 2.45) is 28.6 Å². The Labute approximate surface area is 247 Å². The average molecular weight is 639 g/mol. The molecule has 1 N–H and O–H groups in total. The van der Waals surface area contributed by atoms with E-state index in [1.54, 1.807) is 10.7 Å². The Morgan fingerprint density at radius 1 is 0.700 bits per heavy atom. The molecule has 3 aromatic carbocycles. The fourth-order valence-electron chi connectivity index (χ4n) is 8.93. The third-order valence-corrected chi connectivity index (χ3v) is 20.2. The second kappa shape index (κ2) is 11.6. The number of ketones is 1. The first-order valence-electron chi connectivity index (χ1n) is 15.5. The Kier molecular flexibility index (Phi) is 8.11. The molecular formula is C37H44O2Sn. The summed E-state index contributed by atoms with van der Waals surface area (Å²) in [4.78, 5) is 12.4. The van der Waals surface area contributed by atoms with Crippen molar-refractivity contribution in [2.45, 2.75) is 71.3 Å². The summed E-state index contributed by atoms with van der Waals surface area (Å²) in [5.74, 6) is 2.60. The quantitative estimate of drug-likeness (QED) is 0.290. The van der Waals surface area contributed by atoms with Gasteiger partial charge in [0, 0.05) is 11.8 Å². The summed E-state index contributed by atoms with van der Waals surface area (Å²) in [6, 6.07) is 33.0. The minimum atomic E-state index is -2.14. The van der Waals surface area contributed by atoms with Crippen LogP contribution < -0.4 is 10.7 Å². The van der Waals surface area contributed by atoms with Gasteiger partial charge in [-0.25, -0.2) is 0 Å². The van der Waals surface area contributed by atoms with Crippen molar-refractivity contribution in [3.8, 4) is 0 Å². The maximum atomic E-state index is 12.4. The second-order valence-electron chi connectivity index (χ2n) is 13.2. The van der Waals surface area contributed by atoms with Crippen molar-refractivity contribution >= 4 is 36.3 Å². The first-order chi connectivity index (χ1) is 19.4. The summed E-state index contributed by atoms with van der Waals surface area (Å²) in [6.45, 7) is 4.69.